The summed E-state index contributed by atoms with van der Waals surface area (Å²) in [6.07, 6.45) is 17.3. The van der Waals surface area contributed by atoms with Crippen molar-refractivity contribution in [2.24, 2.45) is 9.98 Å². The molecular weight excluding hydrogens is 492 g/mol. The first-order valence-electron chi connectivity index (χ1n) is 14.4. The predicted molar refractivity (Wildman–Crippen MR) is 165 cm³/mol. The van der Waals surface area contributed by atoms with E-state index < -0.39 is 0 Å². The molecule has 206 valence electrons. The van der Waals surface area contributed by atoms with Gasteiger partial charge in [-0.2, -0.15) is 0 Å². The average Bonchev–Trinajstić information content (AvgIpc) is 3.02. The van der Waals surface area contributed by atoms with Gasteiger partial charge in [-0.25, -0.2) is 0 Å². The molecule has 4 rings (SSSR count). The van der Waals surface area contributed by atoms with Crippen LogP contribution < -0.4 is 0 Å². The summed E-state index contributed by atoms with van der Waals surface area (Å²) in [7, 11) is 0. The standard InChI is InChI=1S/C34H40N6/c1-5-25(3)35-23-31-15-11-27(19-37-31)7-9-29-13-17-33(39-21-29)34-18-14-30(22-40-34)10-8-28-12-16-32(38-20-28)24-36-26(4)6-2/h11-26H,5-10H2,1-4H3/t25-,26-/m1/s1. The van der Waals surface area contributed by atoms with Crippen LogP contribution in [0, 0.1) is 0 Å². The number of pyridine rings is 4. The third kappa shape index (κ3) is 9.01. The summed E-state index contributed by atoms with van der Waals surface area (Å²) >= 11 is 0. The summed E-state index contributed by atoms with van der Waals surface area (Å²) in [5.74, 6) is 0. The van der Waals surface area contributed by atoms with E-state index in [1.54, 1.807) is 0 Å². The molecule has 4 aromatic heterocycles. The van der Waals surface area contributed by atoms with Gasteiger partial charge < -0.3 is 0 Å². The van der Waals surface area contributed by atoms with Crippen molar-refractivity contribution in [2.45, 2.75) is 78.3 Å². The van der Waals surface area contributed by atoms with E-state index >= 15 is 0 Å². The van der Waals surface area contributed by atoms with Gasteiger partial charge in [0, 0.05) is 49.3 Å². The van der Waals surface area contributed by atoms with E-state index in [1.807, 2.05) is 49.3 Å². The lowest BCUT2D eigenvalue weighted by atomic mass is 10.1. The van der Waals surface area contributed by atoms with E-state index in [9.17, 15) is 0 Å². The third-order valence-electron chi connectivity index (χ3n) is 7.12. The molecule has 0 aromatic carbocycles. The molecule has 0 amide bonds. The number of hydrogen-bond acceptors (Lipinski definition) is 6. The molecule has 6 heteroatoms. The smallest absolute Gasteiger partial charge is 0.0886 e. The second-order valence-electron chi connectivity index (χ2n) is 10.4. The minimum Gasteiger partial charge on any atom is -0.288 e. The van der Waals surface area contributed by atoms with Crippen LogP contribution in [0.2, 0.25) is 0 Å². The highest BCUT2D eigenvalue weighted by molar-refractivity contribution is 5.77. The van der Waals surface area contributed by atoms with Crippen LogP contribution in [-0.4, -0.2) is 44.4 Å². The van der Waals surface area contributed by atoms with Crippen molar-refractivity contribution in [1.82, 2.24) is 19.9 Å². The van der Waals surface area contributed by atoms with Crippen LogP contribution >= 0.6 is 0 Å². The summed E-state index contributed by atoms with van der Waals surface area (Å²) in [4.78, 5) is 27.4. The number of hydrogen-bond donors (Lipinski definition) is 0. The van der Waals surface area contributed by atoms with Crippen LogP contribution in [-0.2, 0) is 25.7 Å². The van der Waals surface area contributed by atoms with Gasteiger partial charge in [-0.15, -0.1) is 0 Å². The molecule has 0 fully saturated rings. The van der Waals surface area contributed by atoms with Gasteiger partial charge in [0.15, 0.2) is 0 Å². The molecule has 6 nitrogen and oxygen atoms in total. The molecule has 0 bridgehead atoms. The highest BCUT2D eigenvalue weighted by atomic mass is 14.8. The predicted octanol–water partition coefficient (Wildman–Crippen LogP) is 6.94. The van der Waals surface area contributed by atoms with Crippen LogP contribution in [0.15, 0.2) is 83.3 Å². The fraction of sp³-hybridized carbons (Fsp3) is 0.353. The van der Waals surface area contributed by atoms with Crippen molar-refractivity contribution in [1.29, 1.82) is 0 Å². The highest BCUT2D eigenvalue weighted by Crippen LogP contribution is 2.17. The second kappa shape index (κ2) is 14.9. The van der Waals surface area contributed by atoms with Gasteiger partial charge in [-0.3, -0.25) is 29.9 Å². The molecule has 0 aliphatic rings. The molecule has 0 aliphatic heterocycles. The zero-order valence-electron chi connectivity index (χ0n) is 24.2. The van der Waals surface area contributed by atoms with Crippen molar-refractivity contribution in [3.63, 3.8) is 0 Å². The first-order chi connectivity index (χ1) is 19.5. The lowest BCUT2D eigenvalue weighted by Gasteiger charge is -2.06. The van der Waals surface area contributed by atoms with Gasteiger partial charge in [0.05, 0.1) is 22.8 Å². The molecule has 0 aliphatic carbocycles. The molecular formula is C34H40N6. The lowest BCUT2D eigenvalue weighted by molar-refractivity contribution is 0.720. The van der Waals surface area contributed by atoms with Crippen molar-refractivity contribution in [3.05, 3.63) is 107 Å². The molecule has 0 N–H and O–H groups in total. The minimum absolute atomic E-state index is 0.330. The van der Waals surface area contributed by atoms with E-state index in [1.165, 1.54) is 22.3 Å². The van der Waals surface area contributed by atoms with Crippen molar-refractivity contribution >= 4 is 12.4 Å². The van der Waals surface area contributed by atoms with E-state index in [2.05, 4.69) is 94.0 Å². The van der Waals surface area contributed by atoms with Crippen molar-refractivity contribution < 1.29 is 0 Å². The number of nitrogens with zero attached hydrogens (tertiary/aromatic N) is 6. The van der Waals surface area contributed by atoms with E-state index in [4.69, 9.17) is 0 Å². The Hall–Kier alpha value is -4.06. The largest absolute Gasteiger partial charge is 0.288 e. The third-order valence-corrected chi connectivity index (χ3v) is 7.12. The van der Waals surface area contributed by atoms with Crippen molar-refractivity contribution in [3.8, 4) is 11.4 Å². The van der Waals surface area contributed by atoms with Gasteiger partial charge in [0.25, 0.3) is 0 Å². The van der Waals surface area contributed by atoms with E-state index in [0.29, 0.717) is 12.1 Å². The number of rotatable bonds is 13. The SMILES string of the molecule is CC[C@@H](C)N=Cc1ccc(CCc2ccc(-c3ccc(CCc4ccc(C=N[C@H](C)CC)nc4)cn3)nc2)cn1. The Balaban J connectivity index is 1.25. The Morgan fingerprint density at radius 3 is 1.15 bits per heavy atom. The molecule has 40 heavy (non-hydrogen) atoms. The monoisotopic (exact) mass is 532 g/mol. The summed E-state index contributed by atoms with van der Waals surface area (Å²) in [6.45, 7) is 8.50. The Labute approximate surface area is 238 Å². The highest BCUT2D eigenvalue weighted by Gasteiger charge is 2.05. The minimum atomic E-state index is 0.330. The van der Waals surface area contributed by atoms with Crippen LogP contribution in [0.5, 0.6) is 0 Å². The fourth-order valence-corrected chi connectivity index (χ4v) is 3.96. The van der Waals surface area contributed by atoms with Gasteiger partial charge in [-0.1, -0.05) is 38.1 Å². The molecule has 0 spiro atoms. The lowest BCUT2D eigenvalue weighted by Crippen LogP contribution is -1.98. The van der Waals surface area contributed by atoms with Crippen LogP contribution in [0.25, 0.3) is 11.4 Å². The molecule has 4 heterocycles. The zero-order chi connectivity index (χ0) is 28.2. The maximum Gasteiger partial charge on any atom is 0.0886 e. The molecule has 0 unspecified atom stereocenters. The summed E-state index contributed by atoms with van der Waals surface area (Å²) in [6, 6.07) is 17.4. The molecule has 0 saturated heterocycles. The maximum absolute atomic E-state index is 4.67. The topological polar surface area (TPSA) is 76.3 Å². The molecule has 4 aromatic rings. The summed E-state index contributed by atoms with van der Waals surface area (Å²) in [5, 5.41) is 0. The van der Waals surface area contributed by atoms with Crippen LogP contribution in [0.4, 0.5) is 0 Å². The molecule has 0 radical (unpaired) electrons. The normalized spacial score (nSPS) is 13.2. The van der Waals surface area contributed by atoms with Gasteiger partial charge in [-0.05, 0) is 98.9 Å². The Morgan fingerprint density at radius 1 is 0.525 bits per heavy atom. The Bertz CT molecular complexity index is 1250. The van der Waals surface area contributed by atoms with E-state index in [-0.39, 0.29) is 0 Å². The summed E-state index contributed by atoms with van der Waals surface area (Å²) in [5.41, 5.74) is 8.42. The first-order valence-corrected chi connectivity index (χ1v) is 14.4. The quantitative estimate of drug-likeness (QED) is 0.175. The van der Waals surface area contributed by atoms with Gasteiger partial charge >= 0.3 is 0 Å². The second-order valence-corrected chi connectivity index (χ2v) is 10.4. The average molecular weight is 533 g/mol. The summed E-state index contributed by atoms with van der Waals surface area (Å²) < 4.78 is 0. The molecule has 2 atom stereocenters. The number of aromatic nitrogens is 4. The maximum atomic E-state index is 4.67. The number of aliphatic imine (C=N–C) groups is 2. The first kappa shape index (κ1) is 28.9. The zero-order valence-corrected chi connectivity index (χ0v) is 24.2. The number of aryl methyl sites for hydroxylation is 4. The van der Waals surface area contributed by atoms with Gasteiger partial charge in [0.1, 0.15) is 0 Å². The van der Waals surface area contributed by atoms with E-state index in [0.717, 1.165) is 61.3 Å². The Morgan fingerprint density at radius 2 is 0.875 bits per heavy atom. The Kier molecular flexibility index (Phi) is 10.8. The van der Waals surface area contributed by atoms with Crippen molar-refractivity contribution in [2.75, 3.05) is 0 Å². The van der Waals surface area contributed by atoms with Crippen LogP contribution in [0.3, 0.4) is 0 Å². The van der Waals surface area contributed by atoms with Crippen LogP contribution in [0.1, 0.15) is 74.2 Å². The molecule has 0 saturated carbocycles. The van der Waals surface area contributed by atoms with Gasteiger partial charge in [0.2, 0.25) is 0 Å². The fourth-order valence-electron chi connectivity index (χ4n) is 3.96.